The lowest BCUT2D eigenvalue weighted by Gasteiger charge is -2.12. The van der Waals surface area contributed by atoms with Crippen LogP contribution in [0, 0.1) is 0 Å². The third kappa shape index (κ3) is 6.28. The van der Waals surface area contributed by atoms with E-state index in [4.69, 9.17) is 18.0 Å². The van der Waals surface area contributed by atoms with Gasteiger partial charge < -0.3 is 11.2 Å². The molecule has 0 fully saturated rings. The molecule has 0 heterocycles. The van der Waals surface area contributed by atoms with E-state index in [0.29, 0.717) is 6.54 Å². The van der Waals surface area contributed by atoms with E-state index in [-0.39, 0.29) is 0 Å². The van der Waals surface area contributed by atoms with Gasteiger partial charge in [0.05, 0.1) is 0 Å². The molecule has 5 heteroatoms. The summed E-state index contributed by atoms with van der Waals surface area (Å²) in [5.41, 5.74) is 8.24. The van der Waals surface area contributed by atoms with Crippen LogP contribution in [0.3, 0.4) is 0 Å². The quantitative estimate of drug-likeness (QED) is 0.472. The van der Waals surface area contributed by atoms with Crippen molar-refractivity contribution in [2.75, 3.05) is 26.4 Å². The number of nitrogens with two attached hydrogens (primary N) is 1. The van der Waals surface area contributed by atoms with Gasteiger partial charge in [0.1, 0.15) is 4.32 Å². The van der Waals surface area contributed by atoms with Gasteiger partial charge in [-0.1, -0.05) is 24.0 Å². The second-order valence-corrected chi connectivity index (χ2v) is 3.70. The Morgan fingerprint density at radius 2 is 2.30 bits per heavy atom. The number of hydrogen-bond acceptors (Lipinski definition) is 4. The average Bonchev–Trinajstić information content (AvgIpc) is 1.82. The van der Waals surface area contributed by atoms with Crippen molar-refractivity contribution in [1.29, 1.82) is 0 Å². The Kier molecular flexibility index (Phi) is 6.00. The molecule has 0 aliphatic carbocycles. The highest BCUT2D eigenvalue weighted by Gasteiger charge is 1.94. The lowest BCUT2D eigenvalue weighted by atomic mass is 10.8. The summed E-state index contributed by atoms with van der Waals surface area (Å²) in [6.45, 7) is 0.667. The van der Waals surface area contributed by atoms with E-state index >= 15 is 0 Å². The average molecular weight is 179 g/mol. The summed E-state index contributed by atoms with van der Waals surface area (Å²) in [5, 5.41) is 1.81. The number of nitrogens with one attached hydrogen (secondary N) is 1. The zero-order valence-corrected chi connectivity index (χ0v) is 7.89. The van der Waals surface area contributed by atoms with Crippen LogP contribution in [0.25, 0.3) is 0 Å². The highest BCUT2D eigenvalue weighted by molar-refractivity contribution is 8.22. The molecule has 0 amide bonds. The minimum atomic E-state index is 0.667. The lowest BCUT2D eigenvalue weighted by molar-refractivity contribution is 0.368. The van der Waals surface area contributed by atoms with Crippen molar-refractivity contribution in [3.05, 3.63) is 0 Å². The molecule has 3 N–H and O–H groups in total. The number of nitrogens with zero attached hydrogens (tertiary/aromatic N) is 1. The van der Waals surface area contributed by atoms with Gasteiger partial charge in [0.25, 0.3) is 0 Å². The zero-order chi connectivity index (χ0) is 7.98. The van der Waals surface area contributed by atoms with Gasteiger partial charge in [-0.2, -0.15) is 0 Å². The summed E-state index contributed by atoms with van der Waals surface area (Å²) < 4.78 is 0.774. The summed E-state index contributed by atoms with van der Waals surface area (Å²) >= 11 is 6.51. The van der Waals surface area contributed by atoms with E-state index in [1.165, 1.54) is 0 Å². The van der Waals surface area contributed by atoms with Crippen LogP contribution in [0.15, 0.2) is 0 Å². The Bertz CT molecular complexity index is 105. The van der Waals surface area contributed by atoms with Crippen molar-refractivity contribution in [1.82, 2.24) is 10.4 Å². The molecular formula is C5H13N3S2. The van der Waals surface area contributed by atoms with Gasteiger partial charge in [0.15, 0.2) is 0 Å². The number of hydrogen-bond donors (Lipinski definition) is 2. The second kappa shape index (κ2) is 5.91. The summed E-state index contributed by atoms with van der Waals surface area (Å²) in [5.74, 6) is 0.875. The second-order valence-electron chi connectivity index (χ2n) is 1.93. The largest absolute Gasteiger partial charge is 0.330 e. The highest BCUT2D eigenvalue weighted by atomic mass is 32.2. The third-order valence-electron chi connectivity index (χ3n) is 0.666. The van der Waals surface area contributed by atoms with Gasteiger partial charge in [-0.25, -0.2) is 5.01 Å². The smallest absolute Gasteiger partial charge is 0.148 e. The molecule has 0 saturated heterocycles. The maximum Gasteiger partial charge on any atom is 0.148 e. The topological polar surface area (TPSA) is 41.3 Å². The summed E-state index contributed by atoms with van der Waals surface area (Å²) in [7, 11) is 3.80. The van der Waals surface area contributed by atoms with E-state index in [2.05, 4.69) is 5.43 Å². The monoisotopic (exact) mass is 179 g/mol. The Balaban J connectivity index is 3.26. The molecule has 0 atom stereocenters. The Morgan fingerprint density at radius 1 is 1.70 bits per heavy atom. The molecule has 0 aliphatic heterocycles. The minimum absolute atomic E-state index is 0.667. The van der Waals surface area contributed by atoms with Crippen molar-refractivity contribution < 1.29 is 0 Å². The standard InChI is InChI=1S/C5H13N3S2/c1-8(2)7-5(9)10-4-3-6/h3-4,6H2,1-2H3,(H,7,9). The van der Waals surface area contributed by atoms with Crippen molar-refractivity contribution in [3.8, 4) is 0 Å². The summed E-state index contributed by atoms with van der Waals surface area (Å²) in [6, 6.07) is 0. The van der Waals surface area contributed by atoms with Gasteiger partial charge >= 0.3 is 0 Å². The molecule has 0 aromatic carbocycles. The van der Waals surface area contributed by atoms with Crippen molar-refractivity contribution in [2.24, 2.45) is 5.73 Å². The number of thioether (sulfide) groups is 1. The van der Waals surface area contributed by atoms with Crippen LogP contribution in [-0.4, -0.2) is 35.7 Å². The summed E-state index contributed by atoms with van der Waals surface area (Å²) in [4.78, 5) is 0. The molecular weight excluding hydrogens is 166 g/mol. The van der Waals surface area contributed by atoms with E-state index in [0.717, 1.165) is 10.1 Å². The van der Waals surface area contributed by atoms with Crippen molar-refractivity contribution >= 4 is 28.3 Å². The first-order chi connectivity index (χ1) is 4.66. The molecule has 3 nitrogen and oxygen atoms in total. The van der Waals surface area contributed by atoms with E-state index in [1.807, 2.05) is 19.1 Å². The molecule has 0 rings (SSSR count). The molecule has 0 aromatic rings. The normalized spacial score (nSPS) is 10.0. The van der Waals surface area contributed by atoms with Crippen molar-refractivity contribution in [3.63, 3.8) is 0 Å². The maximum atomic E-state index is 5.29. The fourth-order valence-corrected chi connectivity index (χ4v) is 1.35. The van der Waals surface area contributed by atoms with Crippen LogP contribution in [-0.2, 0) is 0 Å². The first-order valence-electron chi connectivity index (χ1n) is 2.97. The van der Waals surface area contributed by atoms with E-state index in [9.17, 15) is 0 Å². The Morgan fingerprint density at radius 3 is 2.70 bits per heavy atom. The molecule has 0 bridgehead atoms. The predicted molar refractivity (Wildman–Crippen MR) is 50.9 cm³/mol. The molecule has 0 saturated carbocycles. The minimum Gasteiger partial charge on any atom is -0.330 e. The number of hydrazine groups is 1. The molecule has 0 radical (unpaired) electrons. The van der Waals surface area contributed by atoms with Crippen LogP contribution < -0.4 is 11.2 Å². The van der Waals surface area contributed by atoms with Crippen LogP contribution in [0.4, 0.5) is 0 Å². The van der Waals surface area contributed by atoms with E-state index < -0.39 is 0 Å². The molecule has 60 valence electrons. The van der Waals surface area contributed by atoms with Gasteiger partial charge in [-0.05, 0) is 0 Å². The molecule has 0 aromatic heterocycles. The maximum absolute atomic E-state index is 5.29. The Hall–Kier alpha value is 0.160. The van der Waals surface area contributed by atoms with Crippen LogP contribution >= 0.6 is 24.0 Å². The molecule has 0 unspecified atom stereocenters. The molecule has 0 spiro atoms. The predicted octanol–water partition coefficient (Wildman–Crippen LogP) is 0.0294. The first kappa shape index (κ1) is 10.2. The molecule has 10 heavy (non-hydrogen) atoms. The van der Waals surface area contributed by atoms with Gasteiger partial charge in [-0.3, -0.25) is 0 Å². The van der Waals surface area contributed by atoms with Crippen LogP contribution in [0.5, 0.6) is 0 Å². The number of rotatable bonds is 3. The SMILES string of the molecule is CN(C)NC(=S)SCCN. The van der Waals surface area contributed by atoms with Crippen molar-refractivity contribution in [2.45, 2.75) is 0 Å². The zero-order valence-electron chi connectivity index (χ0n) is 6.26. The number of thiocarbonyl (C=S) groups is 1. The third-order valence-corrected chi connectivity index (χ3v) is 1.90. The van der Waals surface area contributed by atoms with Crippen LogP contribution in [0.1, 0.15) is 0 Å². The van der Waals surface area contributed by atoms with Gasteiger partial charge in [-0.15, -0.1) is 0 Å². The lowest BCUT2D eigenvalue weighted by Crippen LogP contribution is -2.33. The molecule has 0 aliphatic rings. The fourth-order valence-electron chi connectivity index (χ4n) is 0.366. The van der Waals surface area contributed by atoms with E-state index in [1.54, 1.807) is 11.8 Å². The van der Waals surface area contributed by atoms with Gasteiger partial charge in [0, 0.05) is 26.4 Å². The Labute approximate surface area is 71.3 Å². The fraction of sp³-hybridized carbons (Fsp3) is 0.800. The summed E-state index contributed by atoms with van der Waals surface area (Å²) in [6.07, 6.45) is 0. The van der Waals surface area contributed by atoms with Gasteiger partial charge in [0.2, 0.25) is 0 Å². The first-order valence-corrected chi connectivity index (χ1v) is 4.37. The highest BCUT2D eigenvalue weighted by Crippen LogP contribution is 1.99. The van der Waals surface area contributed by atoms with Crippen LogP contribution in [0.2, 0.25) is 0 Å².